The molecule has 0 saturated carbocycles. The molecule has 0 saturated heterocycles. The van der Waals surface area contributed by atoms with E-state index in [0.717, 1.165) is 46.2 Å². The summed E-state index contributed by atoms with van der Waals surface area (Å²) in [6, 6.07) is 7.99. The molecule has 0 aliphatic rings. The second-order valence-corrected chi connectivity index (χ2v) is 6.73. The molecule has 2 aromatic rings. The predicted octanol–water partition coefficient (Wildman–Crippen LogP) is 4.32. The Kier molecular flexibility index (Phi) is 12.8. The fraction of sp³-hybridized carbons (Fsp3) is 0.409. The van der Waals surface area contributed by atoms with Gasteiger partial charge in [-0.25, -0.2) is 0 Å². The Hall–Kier alpha value is -1.12. The van der Waals surface area contributed by atoms with Crippen LogP contribution in [0, 0.1) is 35.1 Å². The summed E-state index contributed by atoms with van der Waals surface area (Å²) in [5.74, 6) is 0.749. The third-order valence-corrected chi connectivity index (χ3v) is 3.71. The van der Waals surface area contributed by atoms with Crippen LogP contribution >= 0.6 is 0 Å². The van der Waals surface area contributed by atoms with Crippen molar-refractivity contribution in [2.24, 2.45) is 0 Å². The SMILES string of the molecule is CC(C)[O-].Cc1cc(C)c(O)c(CCc2cc(C)cc(C)c2O)c1.[CH3-].[Zr]. The molecule has 0 fully saturated rings. The number of hydrogen-bond donors (Lipinski definition) is 2. The normalized spacial score (nSPS) is 9.69. The van der Waals surface area contributed by atoms with Crippen LogP contribution in [0.25, 0.3) is 0 Å². The number of aryl methyl sites for hydroxylation is 6. The van der Waals surface area contributed by atoms with Crippen LogP contribution in [0.2, 0.25) is 0 Å². The van der Waals surface area contributed by atoms with Crippen molar-refractivity contribution in [3.05, 3.63) is 65.1 Å². The van der Waals surface area contributed by atoms with E-state index in [2.05, 4.69) is 0 Å². The van der Waals surface area contributed by atoms with Gasteiger partial charge in [-0.3, -0.25) is 0 Å². The van der Waals surface area contributed by atoms with Crippen LogP contribution in [-0.4, -0.2) is 16.3 Å². The molecule has 0 spiro atoms. The fourth-order valence-electron chi connectivity index (χ4n) is 2.75. The smallest absolute Gasteiger partial charge is 0.121 e. The van der Waals surface area contributed by atoms with E-state index >= 15 is 0 Å². The van der Waals surface area contributed by atoms with Gasteiger partial charge in [-0.1, -0.05) is 49.2 Å². The van der Waals surface area contributed by atoms with Crippen molar-refractivity contribution in [1.29, 1.82) is 0 Å². The topological polar surface area (TPSA) is 63.5 Å². The molecule has 4 heteroatoms. The molecule has 2 aromatic carbocycles. The first-order chi connectivity index (χ1) is 11.1. The van der Waals surface area contributed by atoms with Gasteiger partial charge in [-0.2, -0.15) is 0 Å². The Morgan fingerprint density at radius 2 is 1.04 bits per heavy atom. The molecule has 0 aliphatic carbocycles. The van der Waals surface area contributed by atoms with E-state index in [0.29, 0.717) is 11.5 Å². The van der Waals surface area contributed by atoms with Gasteiger partial charge in [0.15, 0.2) is 0 Å². The Morgan fingerprint density at radius 1 is 0.769 bits per heavy atom. The van der Waals surface area contributed by atoms with Crippen molar-refractivity contribution >= 4 is 0 Å². The van der Waals surface area contributed by atoms with Gasteiger partial charge < -0.3 is 22.7 Å². The quantitative estimate of drug-likeness (QED) is 0.706. The minimum Gasteiger partial charge on any atom is -0.852 e. The number of benzene rings is 2. The second-order valence-electron chi connectivity index (χ2n) is 6.73. The van der Waals surface area contributed by atoms with Crippen LogP contribution in [0.4, 0.5) is 0 Å². The van der Waals surface area contributed by atoms with Crippen LogP contribution < -0.4 is 5.11 Å². The first kappa shape index (κ1) is 27.1. The van der Waals surface area contributed by atoms with Crippen LogP contribution in [0.5, 0.6) is 11.5 Å². The summed E-state index contributed by atoms with van der Waals surface area (Å²) < 4.78 is 0. The molecular weight excluding hydrogens is 403 g/mol. The first-order valence-corrected chi connectivity index (χ1v) is 8.35. The molecule has 3 nitrogen and oxygen atoms in total. The predicted molar refractivity (Wildman–Crippen MR) is 104 cm³/mol. The summed E-state index contributed by atoms with van der Waals surface area (Å²) in [6.07, 6.45) is 1.04. The number of phenols is 2. The first-order valence-electron chi connectivity index (χ1n) is 8.35. The van der Waals surface area contributed by atoms with Crippen LogP contribution in [0.1, 0.15) is 47.2 Å². The Labute approximate surface area is 178 Å². The third kappa shape index (κ3) is 8.51. The Balaban J connectivity index is 0. The molecule has 0 radical (unpaired) electrons. The van der Waals surface area contributed by atoms with E-state index in [1.54, 1.807) is 13.8 Å². The van der Waals surface area contributed by atoms with E-state index < -0.39 is 6.10 Å². The Bertz CT molecular complexity index is 634. The van der Waals surface area contributed by atoms with Crippen molar-refractivity contribution < 1.29 is 41.5 Å². The molecule has 2 N–H and O–H groups in total. The van der Waals surface area contributed by atoms with Gasteiger partial charge in [0.05, 0.1) is 0 Å². The van der Waals surface area contributed by atoms with Gasteiger partial charge in [0, 0.05) is 26.2 Å². The molecule has 0 aliphatic heterocycles. The van der Waals surface area contributed by atoms with Gasteiger partial charge in [0.2, 0.25) is 0 Å². The molecule has 144 valence electrons. The van der Waals surface area contributed by atoms with Crippen LogP contribution in [0.3, 0.4) is 0 Å². The Morgan fingerprint density at radius 3 is 1.31 bits per heavy atom. The van der Waals surface area contributed by atoms with Gasteiger partial charge in [0.25, 0.3) is 0 Å². The number of hydrogen-bond acceptors (Lipinski definition) is 3. The van der Waals surface area contributed by atoms with Crippen LogP contribution in [-0.2, 0) is 39.0 Å². The second kappa shape index (κ2) is 12.3. The summed E-state index contributed by atoms with van der Waals surface area (Å²) in [6.45, 7) is 11.1. The molecule has 0 bridgehead atoms. The fourth-order valence-corrected chi connectivity index (χ4v) is 2.75. The van der Waals surface area contributed by atoms with E-state index in [1.807, 2.05) is 52.0 Å². The molecule has 0 aromatic heterocycles. The van der Waals surface area contributed by atoms with E-state index in [4.69, 9.17) is 0 Å². The monoisotopic (exact) mass is 434 g/mol. The van der Waals surface area contributed by atoms with Crippen LogP contribution in [0.15, 0.2) is 24.3 Å². The molecule has 26 heavy (non-hydrogen) atoms. The van der Waals surface area contributed by atoms with Crippen molar-refractivity contribution in [2.45, 2.75) is 60.5 Å². The number of rotatable bonds is 3. The van der Waals surface area contributed by atoms with E-state index in [1.165, 1.54) is 0 Å². The minimum absolute atomic E-state index is 0. The largest absolute Gasteiger partial charge is 0.852 e. The van der Waals surface area contributed by atoms with Gasteiger partial charge in [0.1, 0.15) is 11.5 Å². The zero-order valence-electron chi connectivity index (χ0n) is 17.1. The summed E-state index contributed by atoms with van der Waals surface area (Å²) >= 11 is 0. The number of phenolic OH excluding ortho intramolecular Hbond substituents is 2. The van der Waals surface area contributed by atoms with Gasteiger partial charge in [-0.15, -0.1) is 6.10 Å². The van der Waals surface area contributed by atoms with E-state index in [9.17, 15) is 15.3 Å². The van der Waals surface area contributed by atoms with Gasteiger partial charge in [-0.05, 0) is 62.8 Å². The standard InChI is InChI=1S/C18H22O2.C3H7O.CH3.Zr/c1-11-7-13(3)17(19)15(9-11)5-6-16-10-12(2)8-14(4)18(16)20;1-3(2)4;;/h7-10,19-20H,5-6H2,1-4H3;3H,1-2H3;1H3;/q;2*-1;. The average Bonchev–Trinajstić information content (AvgIpc) is 2.45. The van der Waals surface area contributed by atoms with Crippen molar-refractivity contribution in [3.63, 3.8) is 0 Å². The number of aromatic hydroxyl groups is 2. The minimum atomic E-state index is -0.417. The maximum atomic E-state index is 10.1. The summed E-state index contributed by atoms with van der Waals surface area (Å²) in [5, 5.41) is 29.8. The molecule has 0 amide bonds. The average molecular weight is 436 g/mol. The van der Waals surface area contributed by atoms with Crippen molar-refractivity contribution in [3.8, 4) is 11.5 Å². The summed E-state index contributed by atoms with van der Waals surface area (Å²) in [4.78, 5) is 0. The molecular formula is C22H32O3Zr-2. The zero-order chi connectivity index (χ0) is 18.4. The van der Waals surface area contributed by atoms with Crippen molar-refractivity contribution in [1.82, 2.24) is 0 Å². The maximum absolute atomic E-state index is 10.1. The third-order valence-electron chi connectivity index (χ3n) is 3.71. The van der Waals surface area contributed by atoms with E-state index in [-0.39, 0.29) is 33.6 Å². The molecule has 2 rings (SSSR count). The summed E-state index contributed by atoms with van der Waals surface area (Å²) in [5.41, 5.74) is 6.01. The van der Waals surface area contributed by atoms with Gasteiger partial charge >= 0.3 is 0 Å². The van der Waals surface area contributed by atoms with Crippen molar-refractivity contribution in [2.75, 3.05) is 0 Å². The summed E-state index contributed by atoms with van der Waals surface area (Å²) in [7, 11) is 0. The maximum Gasteiger partial charge on any atom is 0.121 e. The molecule has 0 unspecified atom stereocenters. The zero-order valence-corrected chi connectivity index (χ0v) is 19.6. The molecule has 0 atom stereocenters. The molecule has 0 heterocycles.